The Bertz CT molecular complexity index is 1010. The van der Waals surface area contributed by atoms with Crippen LogP contribution in [0.1, 0.15) is 38.3 Å². The molecule has 0 saturated carbocycles. The maximum absolute atomic E-state index is 12.7. The standard InChI is InChI=1S/C21H23NO5S/c1-14-12-18-13-20(10-11-21(18)22(14)16(3)24)28(25,26)27-19-8-6-17(7-9-19)5-4-15(2)23/h6-11,13-14H,4-5,12H2,1-3H3/t14-/m1/s1. The third-order valence-electron chi connectivity index (χ3n) is 4.79. The van der Waals surface area contributed by atoms with E-state index in [9.17, 15) is 18.0 Å². The predicted molar refractivity (Wildman–Crippen MR) is 106 cm³/mol. The molecule has 0 spiro atoms. The fourth-order valence-electron chi connectivity index (χ4n) is 3.45. The lowest BCUT2D eigenvalue weighted by Crippen LogP contribution is -2.33. The topological polar surface area (TPSA) is 80.8 Å². The summed E-state index contributed by atoms with van der Waals surface area (Å²) in [5.41, 5.74) is 2.50. The molecule has 7 heteroatoms. The van der Waals surface area contributed by atoms with Crippen LogP contribution in [0.4, 0.5) is 5.69 Å². The second-order valence-electron chi connectivity index (χ2n) is 7.12. The molecule has 0 unspecified atom stereocenters. The number of fused-ring (bicyclic) bond motifs is 1. The van der Waals surface area contributed by atoms with Crippen molar-refractivity contribution in [1.29, 1.82) is 0 Å². The Kier molecular flexibility index (Phi) is 5.56. The van der Waals surface area contributed by atoms with Gasteiger partial charge in [-0.3, -0.25) is 4.79 Å². The molecule has 1 heterocycles. The largest absolute Gasteiger partial charge is 0.379 e. The van der Waals surface area contributed by atoms with Gasteiger partial charge in [-0.25, -0.2) is 0 Å². The van der Waals surface area contributed by atoms with E-state index in [1.165, 1.54) is 19.9 Å². The SMILES string of the molecule is CC(=O)CCc1ccc(OS(=O)(=O)c2ccc3c(c2)C[C@@H](C)N3C(C)=O)cc1. The summed E-state index contributed by atoms with van der Waals surface area (Å²) in [5.74, 6) is 0.256. The van der Waals surface area contributed by atoms with Crippen molar-refractivity contribution in [3.05, 3.63) is 53.6 Å². The van der Waals surface area contributed by atoms with Crippen LogP contribution in [0, 0.1) is 0 Å². The third kappa shape index (κ3) is 4.25. The van der Waals surface area contributed by atoms with E-state index in [0.29, 0.717) is 19.3 Å². The fourth-order valence-corrected chi connectivity index (χ4v) is 4.43. The van der Waals surface area contributed by atoms with Crippen molar-refractivity contribution in [2.45, 2.75) is 51.0 Å². The number of nitrogens with zero attached hydrogens (tertiary/aromatic N) is 1. The van der Waals surface area contributed by atoms with Gasteiger partial charge in [0.05, 0.1) is 0 Å². The zero-order chi connectivity index (χ0) is 20.5. The Labute approximate surface area is 165 Å². The van der Waals surface area contributed by atoms with E-state index in [1.807, 2.05) is 6.92 Å². The summed E-state index contributed by atoms with van der Waals surface area (Å²) in [6.07, 6.45) is 1.66. The van der Waals surface area contributed by atoms with Crippen LogP contribution in [0.25, 0.3) is 0 Å². The number of anilines is 1. The molecule has 6 nitrogen and oxygen atoms in total. The van der Waals surface area contributed by atoms with Crippen LogP contribution in [-0.2, 0) is 32.5 Å². The van der Waals surface area contributed by atoms with Crippen LogP contribution in [0.5, 0.6) is 5.75 Å². The number of hydrogen-bond donors (Lipinski definition) is 0. The highest BCUT2D eigenvalue weighted by atomic mass is 32.2. The molecule has 0 saturated heterocycles. The Hall–Kier alpha value is -2.67. The molecule has 1 atom stereocenters. The number of Topliss-reactive ketones (excluding diaryl/α,β-unsaturated/α-hetero) is 1. The lowest BCUT2D eigenvalue weighted by Gasteiger charge is -2.20. The Morgan fingerprint density at radius 3 is 2.39 bits per heavy atom. The fraction of sp³-hybridized carbons (Fsp3) is 0.333. The van der Waals surface area contributed by atoms with Crippen molar-refractivity contribution in [2.24, 2.45) is 0 Å². The van der Waals surface area contributed by atoms with Gasteiger partial charge in [0.1, 0.15) is 16.4 Å². The third-order valence-corrected chi connectivity index (χ3v) is 6.03. The van der Waals surface area contributed by atoms with E-state index in [0.717, 1.165) is 16.8 Å². The second-order valence-corrected chi connectivity index (χ2v) is 8.66. The van der Waals surface area contributed by atoms with Crippen molar-refractivity contribution in [3.8, 4) is 5.75 Å². The molecule has 0 fully saturated rings. The quantitative estimate of drug-likeness (QED) is 0.694. The van der Waals surface area contributed by atoms with Crippen molar-refractivity contribution in [1.82, 2.24) is 0 Å². The number of benzene rings is 2. The average molecular weight is 401 g/mol. The van der Waals surface area contributed by atoms with Crippen LogP contribution < -0.4 is 9.08 Å². The Morgan fingerprint density at radius 2 is 1.79 bits per heavy atom. The van der Waals surface area contributed by atoms with Crippen LogP contribution in [0.15, 0.2) is 47.4 Å². The molecule has 148 valence electrons. The van der Waals surface area contributed by atoms with Gasteiger partial charge in [-0.15, -0.1) is 0 Å². The van der Waals surface area contributed by atoms with Gasteiger partial charge in [0.2, 0.25) is 5.91 Å². The van der Waals surface area contributed by atoms with E-state index in [2.05, 4.69) is 0 Å². The van der Waals surface area contributed by atoms with E-state index in [-0.39, 0.29) is 28.4 Å². The molecule has 0 radical (unpaired) electrons. The number of carbonyl (C=O) groups excluding carboxylic acids is 2. The molecule has 1 amide bonds. The number of hydrogen-bond acceptors (Lipinski definition) is 5. The number of aryl methyl sites for hydroxylation is 1. The zero-order valence-corrected chi connectivity index (χ0v) is 17.0. The molecule has 0 bridgehead atoms. The van der Waals surface area contributed by atoms with Gasteiger partial charge in [0.15, 0.2) is 0 Å². The molecule has 2 aromatic carbocycles. The van der Waals surface area contributed by atoms with Gasteiger partial charge in [-0.1, -0.05) is 12.1 Å². The average Bonchev–Trinajstić information content (AvgIpc) is 2.95. The number of ketones is 1. The summed E-state index contributed by atoms with van der Waals surface area (Å²) in [6, 6.07) is 11.4. The molecule has 28 heavy (non-hydrogen) atoms. The van der Waals surface area contributed by atoms with Crippen LogP contribution in [0.3, 0.4) is 0 Å². The van der Waals surface area contributed by atoms with Gasteiger partial charge < -0.3 is 13.9 Å². The molecular weight excluding hydrogens is 378 g/mol. The zero-order valence-electron chi connectivity index (χ0n) is 16.1. The lowest BCUT2D eigenvalue weighted by atomic mass is 10.1. The maximum Gasteiger partial charge on any atom is 0.339 e. The highest BCUT2D eigenvalue weighted by Crippen LogP contribution is 2.34. The van der Waals surface area contributed by atoms with E-state index in [1.54, 1.807) is 41.3 Å². The first-order valence-corrected chi connectivity index (χ1v) is 10.5. The molecule has 1 aliphatic rings. The van der Waals surface area contributed by atoms with Crippen molar-refractivity contribution in [2.75, 3.05) is 4.90 Å². The predicted octanol–water partition coefficient (Wildman–Crippen LogP) is 3.27. The van der Waals surface area contributed by atoms with Crippen molar-refractivity contribution < 1.29 is 22.2 Å². The summed E-state index contributed by atoms with van der Waals surface area (Å²) in [7, 11) is -3.99. The van der Waals surface area contributed by atoms with Crippen LogP contribution >= 0.6 is 0 Å². The minimum absolute atomic E-state index is 0.00563. The highest BCUT2D eigenvalue weighted by Gasteiger charge is 2.30. The molecule has 2 aromatic rings. The van der Waals surface area contributed by atoms with Gasteiger partial charge in [0.25, 0.3) is 0 Å². The monoisotopic (exact) mass is 401 g/mol. The van der Waals surface area contributed by atoms with Crippen molar-refractivity contribution >= 4 is 27.5 Å². The maximum atomic E-state index is 12.7. The molecular formula is C21H23NO5S. The second kappa shape index (κ2) is 7.75. The minimum Gasteiger partial charge on any atom is -0.379 e. The molecule has 1 aliphatic heterocycles. The minimum atomic E-state index is -3.99. The van der Waals surface area contributed by atoms with Crippen LogP contribution in [-0.4, -0.2) is 26.2 Å². The first-order chi connectivity index (χ1) is 13.2. The normalized spacial score (nSPS) is 16.0. The summed E-state index contributed by atoms with van der Waals surface area (Å²) < 4.78 is 30.6. The van der Waals surface area contributed by atoms with Gasteiger partial charge in [-0.2, -0.15) is 8.42 Å². The molecule has 0 N–H and O–H groups in total. The van der Waals surface area contributed by atoms with Crippen LogP contribution in [0.2, 0.25) is 0 Å². The van der Waals surface area contributed by atoms with Gasteiger partial charge in [-0.05, 0) is 68.1 Å². The van der Waals surface area contributed by atoms with E-state index in [4.69, 9.17) is 4.18 Å². The lowest BCUT2D eigenvalue weighted by molar-refractivity contribution is -0.117. The molecule has 3 rings (SSSR count). The van der Waals surface area contributed by atoms with Gasteiger partial charge >= 0.3 is 10.1 Å². The summed E-state index contributed by atoms with van der Waals surface area (Å²) in [5, 5.41) is 0. The van der Waals surface area contributed by atoms with E-state index >= 15 is 0 Å². The molecule has 0 aromatic heterocycles. The number of carbonyl (C=O) groups is 2. The number of amides is 1. The summed E-state index contributed by atoms with van der Waals surface area (Å²) in [6.45, 7) is 4.97. The van der Waals surface area contributed by atoms with E-state index < -0.39 is 10.1 Å². The number of rotatable bonds is 6. The Balaban J connectivity index is 1.78. The first kappa shape index (κ1) is 20.1. The van der Waals surface area contributed by atoms with Gasteiger partial charge in [0, 0.05) is 25.1 Å². The highest BCUT2D eigenvalue weighted by molar-refractivity contribution is 7.87. The first-order valence-electron chi connectivity index (χ1n) is 9.13. The summed E-state index contributed by atoms with van der Waals surface area (Å²) in [4.78, 5) is 24.6. The molecule has 0 aliphatic carbocycles. The van der Waals surface area contributed by atoms with Crippen molar-refractivity contribution in [3.63, 3.8) is 0 Å². The summed E-state index contributed by atoms with van der Waals surface area (Å²) >= 11 is 0. The smallest absolute Gasteiger partial charge is 0.339 e. The Morgan fingerprint density at radius 1 is 1.11 bits per heavy atom.